The monoisotopic (exact) mass is 337 g/mol. The van der Waals surface area contributed by atoms with E-state index in [4.69, 9.17) is 9.72 Å². The summed E-state index contributed by atoms with van der Waals surface area (Å²) in [6.07, 6.45) is 3.57. The number of hydrogen-bond acceptors (Lipinski definition) is 4. The minimum absolute atomic E-state index is 0.109. The Hall–Kier alpha value is -1.56. The molecule has 1 saturated heterocycles. The van der Waals surface area contributed by atoms with Crippen molar-refractivity contribution >= 4 is 6.09 Å². The van der Waals surface area contributed by atoms with Crippen LogP contribution in [-0.4, -0.2) is 50.9 Å². The van der Waals surface area contributed by atoms with Gasteiger partial charge in [-0.15, -0.1) is 0 Å². The lowest BCUT2D eigenvalue weighted by Gasteiger charge is -2.33. The number of imidazole rings is 1. The zero-order valence-electron chi connectivity index (χ0n) is 15.6. The molecule has 0 spiro atoms. The Kier molecular flexibility index (Phi) is 5.91. The van der Waals surface area contributed by atoms with Crippen LogP contribution in [0.4, 0.5) is 4.79 Å². The third kappa shape index (κ3) is 4.72. The van der Waals surface area contributed by atoms with Gasteiger partial charge in [0.05, 0.1) is 12.3 Å². The number of aliphatic hydroxyl groups excluding tert-OH is 1. The summed E-state index contributed by atoms with van der Waals surface area (Å²) in [5.41, 5.74) is 0.602. The molecule has 0 bridgehead atoms. The molecule has 0 aliphatic carbocycles. The van der Waals surface area contributed by atoms with Gasteiger partial charge in [-0.2, -0.15) is 0 Å². The Balaban J connectivity index is 2.02. The molecule has 2 rings (SSSR count). The van der Waals surface area contributed by atoms with Crippen molar-refractivity contribution in [2.45, 2.75) is 71.4 Å². The fourth-order valence-electron chi connectivity index (χ4n) is 2.99. The van der Waals surface area contributed by atoms with Gasteiger partial charge in [0.1, 0.15) is 11.4 Å². The number of piperidine rings is 1. The molecule has 1 fully saturated rings. The molecule has 0 saturated carbocycles. The summed E-state index contributed by atoms with van der Waals surface area (Å²) in [6.45, 7) is 12.0. The zero-order chi connectivity index (χ0) is 17.9. The van der Waals surface area contributed by atoms with Crippen molar-refractivity contribution in [1.29, 1.82) is 0 Å². The maximum absolute atomic E-state index is 12.2. The van der Waals surface area contributed by atoms with E-state index in [2.05, 4.69) is 24.6 Å². The fraction of sp³-hybridized carbons (Fsp3) is 0.778. The van der Waals surface area contributed by atoms with Crippen LogP contribution in [0.25, 0.3) is 0 Å². The third-order valence-electron chi connectivity index (χ3n) is 4.27. The standard InChI is InChI=1S/C18H31N3O3/c1-13(2)15-12-21(10-11-22)16(19-15)14-6-8-20(9-7-14)17(23)24-18(3,4)5/h12-14,22H,6-11H2,1-5H3. The topological polar surface area (TPSA) is 67.6 Å². The van der Waals surface area contributed by atoms with Crippen LogP contribution in [0, 0.1) is 0 Å². The molecule has 6 heteroatoms. The number of aliphatic hydroxyl groups is 1. The van der Waals surface area contributed by atoms with E-state index in [1.807, 2.05) is 20.8 Å². The Bertz CT molecular complexity index is 552. The molecule has 2 heterocycles. The van der Waals surface area contributed by atoms with E-state index in [-0.39, 0.29) is 12.7 Å². The van der Waals surface area contributed by atoms with Crippen LogP contribution < -0.4 is 0 Å². The molecule has 1 aromatic rings. The van der Waals surface area contributed by atoms with Gasteiger partial charge in [-0.05, 0) is 39.5 Å². The molecule has 0 aromatic carbocycles. The Morgan fingerprint density at radius 2 is 2.00 bits per heavy atom. The normalized spacial score (nSPS) is 16.7. The summed E-state index contributed by atoms with van der Waals surface area (Å²) < 4.78 is 7.52. The maximum atomic E-state index is 12.2. The van der Waals surface area contributed by atoms with E-state index in [0.717, 1.165) is 24.4 Å². The lowest BCUT2D eigenvalue weighted by molar-refractivity contribution is 0.0202. The lowest BCUT2D eigenvalue weighted by atomic mass is 9.96. The Labute approximate surface area is 144 Å². The molecule has 1 amide bonds. The Morgan fingerprint density at radius 1 is 1.38 bits per heavy atom. The summed E-state index contributed by atoms with van der Waals surface area (Å²) in [7, 11) is 0. The van der Waals surface area contributed by atoms with Crippen molar-refractivity contribution in [3.05, 3.63) is 17.7 Å². The van der Waals surface area contributed by atoms with Crippen LogP contribution in [0.1, 0.15) is 70.8 Å². The van der Waals surface area contributed by atoms with Crippen LogP contribution in [0.2, 0.25) is 0 Å². The van der Waals surface area contributed by atoms with Gasteiger partial charge in [0.15, 0.2) is 0 Å². The van der Waals surface area contributed by atoms with E-state index in [0.29, 0.717) is 31.5 Å². The van der Waals surface area contributed by atoms with Crippen LogP contribution in [0.5, 0.6) is 0 Å². The predicted molar refractivity (Wildman–Crippen MR) is 93.2 cm³/mol. The number of amides is 1. The second-order valence-corrected chi connectivity index (χ2v) is 7.84. The molecule has 6 nitrogen and oxygen atoms in total. The first-order chi connectivity index (χ1) is 11.2. The number of carbonyl (C=O) groups is 1. The average Bonchev–Trinajstić information content (AvgIpc) is 2.90. The minimum atomic E-state index is -0.461. The van der Waals surface area contributed by atoms with Gasteiger partial charge in [-0.3, -0.25) is 0 Å². The summed E-state index contributed by atoms with van der Waals surface area (Å²) in [4.78, 5) is 18.8. The first kappa shape index (κ1) is 18.8. The number of hydrogen-bond donors (Lipinski definition) is 1. The second-order valence-electron chi connectivity index (χ2n) is 7.84. The van der Waals surface area contributed by atoms with Gasteiger partial charge < -0.3 is 19.3 Å². The van der Waals surface area contributed by atoms with Gasteiger partial charge in [0.2, 0.25) is 0 Å². The largest absolute Gasteiger partial charge is 0.444 e. The quantitative estimate of drug-likeness (QED) is 0.916. The summed E-state index contributed by atoms with van der Waals surface area (Å²) in [6, 6.07) is 0. The first-order valence-electron chi connectivity index (χ1n) is 8.87. The summed E-state index contributed by atoms with van der Waals surface area (Å²) >= 11 is 0. The molecule has 1 aromatic heterocycles. The van der Waals surface area contributed by atoms with E-state index in [1.165, 1.54) is 0 Å². The predicted octanol–water partition coefficient (Wildman–Crippen LogP) is 3.11. The van der Waals surface area contributed by atoms with E-state index < -0.39 is 5.60 Å². The molecule has 1 aliphatic rings. The third-order valence-corrected chi connectivity index (χ3v) is 4.27. The number of rotatable bonds is 4. The molecular formula is C18H31N3O3. The molecule has 1 N–H and O–H groups in total. The van der Waals surface area contributed by atoms with E-state index >= 15 is 0 Å². The molecular weight excluding hydrogens is 306 g/mol. The van der Waals surface area contributed by atoms with Crippen molar-refractivity contribution < 1.29 is 14.6 Å². The highest BCUT2D eigenvalue weighted by atomic mass is 16.6. The minimum Gasteiger partial charge on any atom is -0.444 e. The summed E-state index contributed by atoms with van der Waals surface area (Å²) in [5.74, 6) is 1.73. The Morgan fingerprint density at radius 3 is 2.50 bits per heavy atom. The second kappa shape index (κ2) is 7.55. The molecule has 0 radical (unpaired) electrons. The molecule has 0 unspecified atom stereocenters. The van der Waals surface area contributed by atoms with Crippen molar-refractivity contribution in [2.24, 2.45) is 0 Å². The summed E-state index contributed by atoms with van der Waals surface area (Å²) in [5, 5.41) is 9.30. The zero-order valence-corrected chi connectivity index (χ0v) is 15.6. The van der Waals surface area contributed by atoms with Crippen LogP contribution in [0.3, 0.4) is 0 Å². The SMILES string of the molecule is CC(C)c1cn(CCO)c(C2CCN(C(=O)OC(C)(C)C)CC2)n1. The lowest BCUT2D eigenvalue weighted by Crippen LogP contribution is -2.41. The number of nitrogens with zero attached hydrogens (tertiary/aromatic N) is 3. The van der Waals surface area contributed by atoms with Crippen molar-refractivity contribution in [3.8, 4) is 0 Å². The van der Waals surface area contributed by atoms with Gasteiger partial charge in [-0.1, -0.05) is 13.8 Å². The van der Waals surface area contributed by atoms with Crippen LogP contribution in [0.15, 0.2) is 6.20 Å². The van der Waals surface area contributed by atoms with Gasteiger partial charge in [0.25, 0.3) is 0 Å². The number of aromatic nitrogens is 2. The number of likely N-dealkylation sites (tertiary alicyclic amines) is 1. The smallest absolute Gasteiger partial charge is 0.410 e. The molecule has 1 aliphatic heterocycles. The van der Waals surface area contributed by atoms with Crippen LogP contribution in [-0.2, 0) is 11.3 Å². The van der Waals surface area contributed by atoms with E-state index in [1.54, 1.807) is 4.90 Å². The highest BCUT2D eigenvalue weighted by Gasteiger charge is 2.29. The fourth-order valence-corrected chi connectivity index (χ4v) is 2.99. The average molecular weight is 337 g/mol. The van der Waals surface area contributed by atoms with Crippen LogP contribution >= 0.6 is 0 Å². The number of ether oxygens (including phenoxy) is 1. The van der Waals surface area contributed by atoms with Crippen molar-refractivity contribution in [1.82, 2.24) is 14.5 Å². The molecule has 0 atom stereocenters. The van der Waals surface area contributed by atoms with Gasteiger partial charge in [0, 0.05) is 31.7 Å². The highest BCUT2D eigenvalue weighted by molar-refractivity contribution is 5.68. The molecule has 24 heavy (non-hydrogen) atoms. The number of carbonyl (C=O) groups excluding carboxylic acids is 1. The highest BCUT2D eigenvalue weighted by Crippen LogP contribution is 2.29. The molecule has 136 valence electrons. The van der Waals surface area contributed by atoms with E-state index in [9.17, 15) is 9.90 Å². The first-order valence-corrected chi connectivity index (χ1v) is 8.87. The van der Waals surface area contributed by atoms with Gasteiger partial charge in [-0.25, -0.2) is 9.78 Å². The maximum Gasteiger partial charge on any atom is 0.410 e. The van der Waals surface area contributed by atoms with Crippen molar-refractivity contribution in [2.75, 3.05) is 19.7 Å². The van der Waals surface area contributed by atoms with Gasteiger partial charge >= 0.3 is 6.09 Å². The van der Waals surface area contributed by atoms with Crippen molar-refractivity contribution in [3.63, 3.8) is 0 Å².